The Balaban J connectivity index is 1.91. The molecule has 0 aliphatic heterocycles. The molecule has 0 saturated carbocycles. The van der Waals surface area contributed by atoms with Gasteiger partial charge in [-0.2, -0.15) is 0 Å². The normalized spacial score (nSPS) is 19.9. The highest BCUT2D eigenvalue weighted by atomic mass is 79.9. The highest BCUT2D eigenvalue weighted by molar-refractivity contribution is 9.10. The summed E-state index contributed by atoms with van der Waals surface area (Å²) in [5.41, 5.74) is 3.99. The minimum absolute atomic E-state index is 0.0416. The van der Waals surface area contributed by atoms with Crippen molar-refractivity contribution in [2.45, 2.75) is 12.3 Å². The van der Waals surface area contributed by atoms with Crippen LogP contribution in [0.5, 0.6) is 0 Å². The van der Waals surface area contributed by atoms with Gasteiger partial charge < -0.3 is 0 Å². The second-order valence-electron chi connectivity index (χ2n) is 5.83. The van der Waals surface area contributed by atoms with Gasteiger partial charge in [-0.05, 0) is 52.6 Å². The van der Waals surface area contributed by atoms with Crippen LogP contribution in [0.25, 0.3) is 16.8 Å². The fourth-order valence-electron chi connectivity index (χ4n) is 3.25. The average molecular weight is 335 g/mol. The van der Waals surface area contributed by atoms with Crippen molar-refractivity contribution in [2.75, 3.05) is 0 Å². The van der Waals surface area contributed by atoms with E-state index in [9.17, 15) is 0 Å². The SMILES string of the molecule is CC1(c2ccc3ccccc3c2)C=Cc2cc(Br)ccc21. The van der Waals surface area contributed by atoms with Crippen LogP contribution in [0, 0.1) is 0 Å². The van der Waals surface area contributed by atoms with Crippen LogP contribution in [0.15, 0.2) is 71.2 Å². The summed E-state index contributed by atoms with van der Waals surface area (Å²) in [6.45, 7) is 2.30. The summed E-state index contributed by atoms with van der Waals surface area (Å²) >= 11 is 3.56. The summed E-state index contributed by atoms with van der Waals surface area (Å²) in [5.74, 6) is 0. The molecule has 4 rings (SSSR count). The molecule has 1 heteroatoms. The Hall–Kier alpha value is -1.86. The van der Waals surface area contributed by atoms with E-state index in [2.05, 4.69) is 95.7 Å². The third-order valence-corrected chi connectivity index (χ3v) is 5.01. The van der Waals surface area contributed by atoms with Crippen molar-refractivity contribution >= 4 is 32.8 Å². The first-order chi connectivity index (χ1) is 10.2. The van der Waals surface area contributed by atoms with Crippen molar-refractivity contribution in [1.29, 1.82) is 0 Å². The second kappa shape index (κ2) is 4.57. The number of hydrogen-bond donors (Lipinski definition) is 0. The van der Waals surface area contributed by atoms with Crippen LogP contribution >= 0.6 is 15.9 Å². The molecule has 1 atom stereocenters. The van der Waals surface area contributed by atoms with E-state index in [0.717, 1.165) is 4.47 Å². The molecule has 0 nitrogen and oxygen atoms in total. The Morgan fingerprint density at radius 2 is 1.67 bits per heavy atom. The van der Waals surface area contributed by atoms with Crippen molar-refractivity contribution in [3.05, 3.63) is 87.9 Å². The van der Waals surface area contributed by atoms with Crippen LogP contribution < -0.4 is 0 Å². The van der Waals surface area contributed by atoms with Gasteiger partial charge in [-0.1, -0.05) is 70.5 Å². The summed E-state index contributed by atoms with van der Waals surface area (Å²) in [6.07, 6.45) is 4.55. The van der Waals surface area contributed by atoms with Crippen molar-refractivity contribution in [2.24, 2.45) is 0 Å². The summed E-state index contributed by atoms with van der Waals surface area (Å²) in [4.78, 5) is 0. The Kier molecular flexibility index (Phi) is 2.80. The first-order valence-electron chi connectivity index (χ1n) is 7.15. The average Bonchev–Trinajstić information content (AvgIpc) is 2.84. The molecule has 102 valence electrons. The quantitative estimate of drug-likeness (QED) is 0.517. The maximum absolute atomic E-state index is 3.56. The fraction of sp³-hybridized carbons (Fsp3) is 0.100. The third-order valence-electron chi connectivity index (χ3n) is 4.52. The van der Waals surface area contributed by atoms with Crippen LogP contribution in [0.4, 0.5) is 0 Å². The molecule has 0 bridgehead atoms. The summed E-state index contributed by atoms with van der Waals surface area (Å²) in [6, 6.07) is 21.9. The molecule has 0 spiro atoms. The highest BCUT2D eigenvalue weighted by Crippen LogP contribution is 2.42. The minimum atomic E-state index is -0.0416. The molecule has 0 amide bonds. The van der Waals surface area contributed by atoms with Gasteiger partial charge in [0.15, 0.2) is 0 Å². The molecule has 21 heavy (non-hydrogen) atoms. The van der Waals surface area contributed by atoms with Crippen LogP contribution in [0.3, 0.4) is 0 Å². The van der Waals surface area contributed by atoms with E-state index in [1.54, 1.807) is 0 Å². The number of halogens is 1. The van der Waals surface area contributed by atoms with Gasteiger partial charge in [-0.25, -0.2) is 0 Å². The number of allylic oxidation sites excluding steroid dienone is 1. The van der Waals surface area contributed by atoms with Crippen molar-refractivity contribution in [1.82, 2.24) is 0 Å². The van der Waals surface area contributed by atoms with Gasteiger partial charge in [0.05, 0.1) is 0 Å². The number of hydrogen-bond acceptors (Lipinski definition) is 0. The predicted octanol–water partition coefficient (Wildman–Crippen LogP) is 5.94. The Morgan fingerprint density at radius 1 is 0.857 bits per heavy atom. The number of rotatable bonds is 1. The zero-order chi connectivity index (χ0) is 14.4. The molecular weight excluding hydrogens is 320 g/mol. The summed E-state index contributed by atoms with van der Waals surface area (Å²) in [5, 5.41) is 2.60. The van der Waals surface area contributed by atoms with E-state index in [0.29, 0.717) is 0 Å². The molecule has 0 heterocycles. The maximum Gasteiger partial charge on any atom is 0.0363 e. The standard InChI is InChI=1S/C20H15Br/c1-20(11-10-16-13-18(21)8-9-19(16)20)17-7-6-14-4-2-3-5-15(14)12-17/h2-13H,1H3. The Labute approximate surface area is 133 Å². The Morgan fingerprint density at radius 3 is 2.52 bits per heavy atom. The molecule has 0 N–H and O–H groups in total. The molecule has 3 aromatic rings. The zero-order valence-electron chi connectivity index (χ0n) is 11.8. The van der Waals surface area contributed by atoms with Gasteiger partial charge in [0, 0.05) is 9.89 Å². The van der Waals surface area contributed by atoms with Crippen molar-refractivity contribution < 1.29 is 0 Å². The molecule has 0 radical (unpaired) electrons. The van der Waals surface area contributed by atoms with E-state index < -0.39 is 0 Å². The molecule has 0 fully saturated rings. The largest absolute Gasteiger partial charge is 0.0692 e. The molecule has 1 aliphatic carbocycles. The van der Waals surface area contributed by atoms with Gasteiger partial charge in [0.25, 0.3) is 0 Å². The van der Waals surface area contributed by atoms with E-state index in [4.69, 9.17) is 0 Å². The maximum atomic E-state index is 3.56. The van der Waals surface area contributed by atoms with Gasteiger partial charge in [0.1, 0.15) is 0 Å². The van der Waals surface area contributed by atoms with Crippen molar-refractivity contribution in [3.63, 3.8) is 0 Å². The van der Waals surface area contributed by atoms with E-state index >= 15 is 0 Å². The van der Waals surface area contributed by atoms with E-state index in [-0.39, 0.29) is 5.41 Å². The molecule has 0 aromatic heterocycles. The zero-order valence-corrected chi connectivity index (χ0v) is 13.4. The lowest BCUT2D eigenvalue weighted by atomic mass is 9.77. The van der Waals surface area contributed by atoms with Crippen molar-refractivity contribution in [3.8, 4) is 0 Å². The molecule has 1 aliphatic rings. The Bertz CT molecular complexity index is 876. The van der Waals surface area contributed by atoms with E-state index in [1.165, 1.54) is 27.5 Å². The molecular formula is C20H15Br. The lowest BCUT2D eigenvalue weighted by molar-refractivity contribution is 0.739. The molecule has 1 unspecified atom stereocenters. The molecule has 0 saturated heterocycles. The summed E-state index contributed by atoms with van der Waals surface area (Å²) < 4.78 is 1.13. The second-order valence-corrected chi connectivity index (χ2v) is 6.74. The minimum Gasteiger partial charge on any atom is -0.0692 e. The smallest absolute Gasteiger partial charge is 0.0363 e. The van der Waals surface area contributed by atoms with Crippen LogP contribution in [0.1, 0.15) is 23.6 Å². The predicted molar refractivity (Wildman–Crippen MR) is 93.6 cm³/mol. The van der Waals surface area contributed by atoms with Crippen LogP contribution in [-0.4, -0.2) is 0 Å². The van der Waals surface area contributed by atoms with Gasteiger partial charge in [0.2, 0.25) is 0 Å². The summed E-state index contributed by atoms with van der Waals surface area (Å²) in [7, 11) is 0. The lowest BCUT2D eigenvalue weighted by Crippen LogP contribution is -2.18. The van der Waals surface area contributed by atoms with Crippen LogP contribution in [-0.2, 0) is 5.41 Å². The highest BCUT2D eigenvalue weighted by Gasteiger charge is 2.31. The first-order valence-corrected chi connectivity index (χ1v) is 7.95. The van der Waals surface area contributed by atoms with Crippen LogP contribution in [0.2, 0.25) is 0 Å². The lowest BCUT2D eigenvalue weighted by Gasteiger charge is -2.25. The fourth-order valence-corrected chi connectivity index (χ4v) is 3.63. The topological polar surface area (TPSA) is 0 Å². The number of benzene rings is 3. The first kappa shape index (κ1) is 12.8. The monoisotopic (exact) mass is 334 g/mol. The van der Waals surface area contributed by atoms with Gasteiger partial charge >= 0.3 is 0 Å². The third kappa shape index (κ3) is 1.96. The number of fused-ring (bicyclic) bond motifs is 2. The van der Waals surface area contributed by atoms with Gasteiger partial charge in [-0.3, -0.25) is 0 Å². The van der Waals surface area contributed by atoms with E-state index in [1.807, 2.05) is 0 Å². The van der Waals surface area contributed by atoms with Gasteiger partial charge in [-0.15, -0.1) is 0 Å². The molecule has 3 aromatic carbocycles.